The van der Waals surface area contributed by atoms with Crippen LogP contribution >= 0.6 is 0 Å². The maximum absolute atomic E-state index is 5.58. The van der Waals surface area contributed by atoms with Crippen LogP contribution in [0.2, 0.25) is 0 Å². The summed E-state index contributed by atoms with van der Waals surface area (Å²) in [4.78, 5) is 5.24. The van der Waals surface area contributed by atoms with Crippen molar-refractivity contribution in [1.82, 2.24) is 4.90 Å². The van der Waals surface area contributed by atoms with Crippen LogP contribution in [0.15, 0.2) is 18.2 Å². The highest BCUT2D eigenvalue weighted by atomic mass is 16.5. The van der Waals surface area contributed by atoms with Crippen molar-refractivity contribution in [1.29, 1.82) is 0 Å². The SMILES string of the molecule is COc1ccc(C)cc1N1CC2CCCCN2CC1C. The topological polar surface area (TPSA) is 15.7 Å². The number of methoxy groups -OCH3 is 1. The number of hydrogen-bond donors (Lipinski definition) is 0. The molecule has 3 heteroatoms. The van der Waals surface area contributed by atoms with Crippen LogP contribution in [0.4, 0.5) is 5.69 Å². The van der Waals surface area contributed by atoms with Gasteiger partial charge in [-0.2, -0.15) is 0 Å². The van der Waals surface area contributed by atoms with Crippen molar-refractivity contribution in [2.75, 3.05) is 31.6 Å². The van der Waals surface area contributed by atoms with E-state index in [0.717, 1.165) is 18.3 Å². The maximum atomic E-state index is 5.58. The van der Waals surface area contributed by atoms with Gasteiger partial charge in [0.1, 0.15) is 5.75 Å². The molecule has 2 heterocycles. The monoisotopic (exact) mass is 274 g/mol. The zero-order valence-corrected chi connectivity index (χ0v) is 12.9. The molecule has 0 bridgehead atoms. The third kappa shape index (κ3) is 2.51. The average Bonchev–Trinajstić information content (AvgIpc) is 2.46. The minimum absolute atomic E-state index is 0.556. The van der Waals surface area contributed by atoms with Gasteiger partial charge in [-0.25, -0.2) is 0 Å². The Balaban J connectivity index is 1.87. The number of benzene rings is 1. The summed E-state index contributed by atoms with van der Waals surface area (Å²) in [6.07, 6.45) is 4.10. The maximum Gasteiger partial charge on any atom is 0.142 e. The Kier molecular flexibility index (Phi) is 3.88. The first kappa shape index (κ1) is 13.7. The van der Waals surface area contributed by atoms with Gasteiger partial charge in [0.15, 0.2) is 0 Å². The molecule has 0 amide bonds. The van der Waals surface area contributed by atoms with Crippen LogP contribution in [0.3, 0.4) is 0 Å². The molecule has 2 unspecified atom stereocenters. The lowest BCUT2D eigenvalue weighted by molar-refractivity contribution is 0.115. The van der Waals surface area contributed by atoms with Gasteiger partial charge in [-0.3, -0.25) is 4.90 Å². The summed E-state index contributed by atoms with van der Waals surface area (Å²) in [6.45, 7) is 8.10. The van der Waals surface area contributed by atoms with Crippen molar-refractivity contribution in [2.45, 2.75) is 45.2 Å². The Labute approximate surface area is 122 Å². The van der Waals surface area contributed by atoms with Crippen LogP contribution in [-0.4, -0.2) is 43.7 Å². The molecule has 2 aliphatic heterocycles. The third-order valence-electron chi connectivity index (χ3n) is 4.83. The van der Waals surface area contributed by atoms with E-state index < -0.39 is 0 Å². The van der Waals surface area contributed by atoms with Crippen molar-refractivity contribution in [3.05, 3.63) is 23.8 Å². The van der Waals surface area contributed by atoms with E-state index in [2.05, 4.69) is 41.8 Å². The molecule has 0 spiro atoms. The van der Waals surface area contributed by atoms with E-state index in [0.29, 0.717) is 6.04 Å². The lowest BCUT2D eigenvalue weighted by atomic mass is 9.96. The standard InChI is InChI=1S/C17H26N2O/c1-13-7-8-17(20-3)16(10-13)19-12-15-6-4-5-9-18(15)11-14(19)2/h7-8,10,14-15H,4-6,9,11-12H2,1-3H3. The number of ether oxygens (including phenoxy) is 1. The molecular weight excluding hydrogens is 248 g/mol. The van der Waals surface area contributed by atoms with Gasteiger partial charge in [-0.1, -0.05) is 12.5 Å². The molecule has 0 N–H and O–H groups in total. The molecule has 3 nitrogen and oxygen atoms in total. The van der Waals surface area contributed by atoms with Crippen molar-refractivity contribution >= 4 is 5.69 Å². The summed E-state index contributed by atoms with van der Waals surface area (Å²) in [5, 5.41) is 0. The van der Waals surface area contributed by atoms with Gasteiger partial charge in [0, 0.05) is 25.2 Å². The summed E-state index contributed by atoms with van der Waals surface area (Å²) in [7, 11) is 1.77. The summed E-state index contributed by atoms with van der Waals surface area (Å²) in [5.41, 5.74) is 2.57. The smallest absolute Gasteiger partial charge is 0.142 e. The molecule has 2 aliphatic rings. The van der Waals surface area contributed by atoms with Gasteiger partial charge in [0.05, 0.1) is 12.8 Å². The molecule has 2 saturated heterocycles. The van der Waals surface area contributed by atoms with E-state index in [1.54, 1.807) is 7.11 Å². The highest BCUT2D eigenvalue weighted by molar-refractivity contribution is 5.61. The highest BCUT2D eigenvalue weighted by Gasteiger charge is 2.33. The Bertz CT molecular complexity index is 474. The number of anilines is 1. The molecule has 20 heavy (non-hydrogen) atoms. The molecule has 0 saturated carbocycles. The minimum Gasteiger partial charge on any atom is -0.495 e. The van der Waals surface area contributed by atoms with E-state index >= 15 is 0 Å². The molecule has 2 atom stereocenters. The molecular formula is C17H26N2O. The second-order valence-electron chi connectivity index (χ2n) is 6.32. The molecule has 1 aromatic rings. The van der Waals surface area contributed by atoms with E-state index in [4.69, 9.17) is 4.74 Å². The van der Waals surface area contributed by atoms with Crippen LogP contribution in [0.1, 0.15) is 31.7 Å². The predicted molar refractivity (Wildman–Crippen MR) is 83.8 cm³/mol. The minimum atomic E-state index is 0.556. The van der Waals surface area contributed by atoms with E-state index in [1.807, 2.05) is 0 Å². The number of aryl methyl sites for hydroxylation is 1. The van der Waals surface area contributed by atoms with Gasteiger partial charge < -0.3 is 9.64 Å². The van der Waals surface area contributed by atoms with Crippen LogP contribution < -0.4 is 9.64 Å². The normalized spacial score (nSPS) is 27.2. The van der Waals surface area contributed by atoms with Gasteiger partial charge in [-0.05, 0) is 50.9 Å². The van der Waals surface area contributed by atoms with Crippen molar-refractivity contribution < 1.29 is 4.74 Å². The molecule has 2 fully saturated rings. The summed E-state index contributed by atoms with van der Waals surface area (Å²) in [6, 6.07) is 7.78. The van der Waals surface area contributed by atoms with Crippen LogP contribution in [0.5, 0.6) is 5.75 Å². The number of hydrogen-bond acceptors (Lipinski definition) is 3. The molecule has 0 aliphatic carbocycles. The van der Waals surface area contributed by atoms with Gasteiger partial charge in [0.2, 0.25) is 0 Å². The van der Waals surface area contributed by atoms with Gasteiger partial charge in [-0.15, -0.1) is 0 Å². The second kappa shape index (κ2) is 5.65. The van der Waals surface area contributed by atoms with E-state index in [-0.39, 0.29) is 0 Å². The van der Waals surface area contributed by atoms with E-state index in [9.17, 15) is 0 Å². The van der Waals surface area contributed by atoms with Crippen LogP contribution in [0, 0.1) is 6.92 Å². The lowest BCUT2D eigenvalue weighted by Crippen LogP contribution is -2.58. The summed E-state index contributed by atoms with van der Waals surface area (Å²) in [5.74, 6) is 1.01. The zero-order valence-electron chi connectivity index (χ0n) is 12.9. The number of piperidine rings is 1. The first-order valence-corrected chi connectivity index (χ1v) is 7.84. The zero-order chi connectivity index (χ0) is 14.1. The fourth-order valence-corrected chi connectivity index (χ4v) is 3.71. The summed E-state index contributed by atoms with van der Waals surface area (Å²) < 4.78 is 5.58. The van der Waals surface area contributed by atoms with Crippen LogP contribution in [0.25, 0.3) is 0 Å². The molecule has 3 rings (SSSR count). The first-order valence-electron chi connectivity index (χ1n) is 7.84. The van der Waals surface area contributed by atoms with Crippen molar-refractivity contribution in [3.8, 4) is 5.75 Å². The average molecular weight is 274 g/mol. The fourth-order valence-electron chi connectivity index (χ4n) is 3.71. The Morgan fingerprint density at radius 3 is 2.85 bits per heavy atom. The lowest BCUT2D eigenvalue weighted by Gasteiger charge is -2.48. The second-order valence-corrected chi connectivity index (χ2v) is 6.32. The summed E-state index contributed by atoms with van der Waals surface area (Å²) >= 11 is 0. The molecule has 0 aromatic heterocycles. The number of piperazine rings is 1. The predicted octanol–water partition coefficient (Wildman–Crippen LogP) is 3.07. The molecule has 1 aromatic carbocycles. The quantitative estimate of drug-likeness (QED) is 0.824. The highest BCUT2D eigenvalue weighted by Crippen LogP contribution is 2.34. The van der Waals surface area contributed by atoms with Crippen molar-refractivity contribution in [3.63, 3.8) is 0 Å². The van der Waals surface area contributed by atoms with Crippen molar-refractivity contribution in [2.24, 2.45) is 0 Å². The van der Waals surface area contributed by atoms with Crippen LogP contribution in [-0.2, 0) is 0 Å². The molecule has 0 radical (unpaired) electrons. The van der Waals surface area contributed by atoms with E-state index in [1.165, 1.54) is 43.6 Å². The number of nitrogens with zero attached hydrogens (tertiary/aromatic N) is 2. The Morgan fingerprint density at radius 1 is 1.20 bits per heavy atom. The Hall–Kier alpha value is -1.22. The number of fused-ring (bicyclic) bond motifs is 1. The fraction of sp³-hybridized carbons (Fsp3) is 0.647. The third-order valence-corrected chi connectivity index (χ3v) is 4.83. The Morgan fingerprint density at radius 2 is 2.05 bits per heavy atom. The molecule has 110 valence electrons. The van der Waals surface area contributed by atoms with Gasteiger partial charge >= 0.3 is 0 Å². The number of rotatable bonds is 2. The first-order chi connectivity index (χ1) is 9.69. The van der Waals surface area contributed by atoms with Gasteiger partial charge in [0.25, 0.3) is 0 Å². The largest absolute Gasteiger partial charge is 0.495 e.